The Bertz CT molecular complexity index is 653. The number of nitrogens with one attached hydrogen (secondary N) is 1. The maximum absolute atomic E-state index is 11.7. The first-order valence-electron chi connectivity index (χ1n) is 8.00. The fourth-order valence-electron chi connectivity index (χ4n) is 2.91. The van der Waals surface area contributed by atoms with Gasteiger partial charge < -0.3 is 15.8 Å². The van der Waals surface area contributed by atoms with E-state index >= 15 is 0 Å². The molecule has 3 N–H and O–H groups in total. The Morgan fingerprint density at radius 1 is 1.38 bits per heavy atom. The number of nitrogens with two attached hydrogens (primary N) is 1. The van der Waals surface area contributed by atoms with Gasteiger partial charge in [0.05, 0.1) is 13.7 Å². The second-order valence-electron chi connectivity index (χ2n) is 6.63. The molecule has 0 saturated carbocycles. The van der Waals surface area contributed by atoms with Crippen LogP contribution in [0.2, 0.25) is 0 Å². The SMILES string of the molecule is COC(=O)N1Cc2cccc(/C=C/CCC(C)(C)NC(N)=O)c2C1. The van der Waals surface area contributed by atoms with Gasteiger partial charge in [-0.2, -0.15) is 0 Å². The lowest BCUT2D eigenvalue weighted by Gasteiger charge is -2.24. The molecule has 0 spiro atoms. The summed E-state index contributed by atoms with van der Waals surface area (Å²) in [7, 11) is 1.40. The van der Waals surface area contributed by atoms with Crippen LogP contribution in [0.5, 0.6) is 0 Å². The Hall–Kier alpha value is -2.50. The summed E-state index contributed by atoms with van der Waals surface area (Å²) in [5, 5.41) is 2.73. The number of primary amides is 1. The summed E-state index contributed by atoms with van der Waals surface area (Å²) in [6.45, 7) is 5.04. The number of rotatable bonds is 5. The van der Waals surface area contributed by atoms with Gasteiger partial charge in [-0.25, -0.2) is 9.59 Å². The predicted octanol–water partition coefficient (Wildman–Crippen LogP) is 3.01. The van der Waals surface area contributed by atoms with Crippen molar-refractivity contribution in [3.63, 3.8) is 0 Å². The summed E-state index contributed by atoms with van der Waals surface area (Å²) in [6, 6.07) is 5.57. The number of allylic oxidation sites excluding steroid dienone is 1. The van der Waals surface area contributed by atoms with E-state index in [4.69, 9.17) is 10.5 Å². The van der Waals surface area contributed by atoms with Gasteiger partial charge in [0.2, 0.25) is 0 Å². The number of urea groups is 1. The number of nitrogens with zero attached hydrogens (tertiary/aromatic N) is 1. The fraction of sp³-hybridized carbons (Fsp3) is 0.444. The maximum Gasteiger partial charge on any atom is 0.410 e. The summed E-state index contributed by atoms with van der Waals surface area (Å²) in [5.41, 5.74) is 8.26. The van der Waals surface area contributed by atoms with Gasteiger partial charge >= 0.3 is 12.1 Å². The Balaban J connectivity index is 1.99. The standard InChI is InChI=1S/C18H25N3O3/c1-18(2,20-16(19)22)10-5-4-7-13-8-6-9-14-11-21(12-15(13)14)17(23)24-3/h4,6-9H,5,10-12H2,1-3H3,(H3,19,20,22)/b7-4+. The summed E-state index contributed by atoms with van der Waals surface area (Å²) < 4.78 is 4.80. The molecule has 24 heavy (non-hydrogen) atoms. The van der Waals surface area contributed by atoms with Gasteiger partial charge in [0, 0.05) is 12.1 Å². The number of hydrogen-bond donors (Lipinski definition) is 2. The number of carbonyl (C=O) groups excluding carboxylic acids is 2. The van der Waals surface area contributed by atoms with Gasteiger partial charge in [-0.1, -0.05) is 30.4 Å². The van der Waals surface area contributed by atoms with Crippen molar-refractivity contribution in [1.82, 2.24) is 10.2 Å². The highest BCUT2D eigenvalue weighted by Crippen LogP contribution is 2.27. The van der Waals surface area contributed by atoms with E-state index in [1.807, 2.05) is 32.0 Å². The molecule has 130 valence electrons. The smallest absolute Gasteiger partial charge is 0.410 e. The van der Waals surface area contributed by atoms with Crippen LogP contribution in [-0.4, -0.2) is 29.7 Å². The predicted molar refractivity (Wildman–Crippen MR) is 93.2 cm³/mol. The maximum atomic E-state index is 11.7. The second kappa shape index (κ2) is 7.38. The zero-order valence-electron chi connectivity index (χ0n) is 14.5. The summed E-state index contributed by atoms with van der Waals surface area (Å²) in [6.07, 6.45) is 5.45. The van der Waals surface area contributed by atoms with E-state index in [0.29, 0.717) is 13.1 Å². The van der Waals surface area contributed by atoms with E-state index in [0.717, 1.165) is 29.5 Å². The minimum absolute atomic E-state index is 0.305. The molecule has 2 rings (SSSR count). The molecule has 3 amide bonds. The zero-order valence-corrected chi connectivity index (χ0v) is 14.5. The molecule has 0 fully saturated rings. The third-order valence-electron chi connectivity index (χ3n) is 4.15. The Labute approximate surface area is 142 Å². The number of methoxy groups -OCH3 is 1. The van der Waals surface area contributed by atoms with E-state index in [1.54, 1.807) is 4.90 Å². The number of carbonyl (C=O) groups is 2. The molecule has 0 unspecified atom stereocenters. The zero-order chi connectivity index (χ0) is 17.7. The highest BCUT2D eigenvalue weighted by Gasteiger charge is 2.25. The van der Waals surface area contributed by atoms with Crippen LogP contribution in [0.4, 0.5) is 9.59 Å². The Morgan fingerprint density at radius 3 is 2.79 bits per heavy atom. The van der Waals surface area contributed by atoms with Crippen molar-refractivity contribution in [3.05, 3.63) is 41.0 Å². The van der Waals surface area contributed by atoms with Crippen LogP contribution < -0.4 is 11.1 Å². The van der Waals surface area contributed by atoms with Crippen molar-refractivity contribution in [2.24, 2.45) is 5.73 Å². The van der Waals surface area contributed by atoms with E-state index in [9.17, 15) is 9.59 Å². The Morgan fingerprint density at radius 2 is 2.12 bits per heavy atom. The number of benzene rings is 1. The van der Waals surface area contributed by atoms with Crippen molar-refractivity contribution >= 4 is 18.2 Å². The molecule has 0 aliphatic carbocycles. The van der Waals surface area contributed by atoms with Crippen LogP contribution in [0, 0.1) is 0 Å². The highest BCUT2D eigenvalue weighted by molar-refractivity contribution is 5.72. The van der Waals surface area contributed by atoms with Crippen molar-refractivity contribution in [2.45, 2.75) is 45.3 Å². The molecule has 0 radical (unpaired) electrons. The molecule has 0 atom stereocenters. The normalized spacial score (nSPS) is 13.9. The minimum Gasteiger partial charge on any atom is -0.453 e. The van der Waals surface area contributed by atoms with E-state index < -0.39 is 6.03 Å². The molecule has 0 saturated heterocycles. The highest BCUT2D eigenvalue weighted by atomic mass is 16.5. The number of amides is 3. The molecule has 1 aliphatic rings. The first-order chi connectivity index (χ1) is 11.3. The first-order valence-corrected chi connectivity index (χ1v) is 8.00. The molecule has 0 bridgehead atoms. The number of fused-ring (bicyclic) bond motifs is 1. The molecule has 6 heteroatoms. The van der Waals surface area contributed by atoms with Crippen LogP contribution in [0.1, 0.15) is 43.4 Å². The lowest BCUT2D eigenvalue weighted by molar-refractivity contribution is 0.123. The summed E-state index contributed by atoms with van der Waals surface area (Å²) in [4.78, 5) is 24.3. The van der Waals surface area contributed by atoms with E-state index in [1.165, 1.54) is 7.11 Å². The monoisotopic (exact) mass is 331 g/mol. The molecule has 0 aromatic heterocycles. The molecule has 1 aromatic rings. The van der Waals surface area contributed by atoms with Gasteiger partial charge in [-0.3, -0.25) is 4.90 Å². The topological polar surface area (TPSA) is 84.7 Å². The van der Waals surface area contributed by atoms with Crippen molar-refractivity contribution in [2.75, 3.05) is 7.11 Å². The second-order valence-corrected chi connectivity index (χ2v) is 6.63. The first kappa shape index (κ1) is 17.8. The van der Waals surface area contributed by atoms with E-state index in [-0.39, 0.29) is 11.6 Å². The largest absolute Gasteiger partial charge is 0.453 e. The van der Waals surface area contributed by atoms with Crippen molar-refractivity contribution < 1.29 is 14.3 Å². The minimum atomic E-state index is -0.507. The average molecular weight is 331 g/mol. The summed E-state index contributed by atoms with van der Waals surface area (Å²) >= 11 is 0. The average Bonchev–Trinajstić information content (AvgIpc) is 2.94. The molecule has 6 nitrogen and oxygen atoms in total. The van der Waals surface area contributed by atoms with Crippen molar-refractivity contribution in [1.29, 1.82) is 0 Å². The van der Waals surface area contributed by atoms with Crippen molar-refractivity contribution in [3.8, 4) is 0 Å². The molecule has 1 aromatic carbocycles. The van der Waals surface area contributed by atoms with Crippen LogP contribution in [0.25, 0.3) is 6.08 Å². The lowest BCUT2D eigenvalue weighted by Crippen LogP contribution is -2.45. The number of ether oxygens (including phenoxy) is 1. The third-order valence-corrected chi connectivity index (χ3v) is 4.15. The fourth-order valence-corrected chi connectivity index (χ4v) is 2.91. The number of hydrogen-bond acceptors (Lipinski definition) is 3. The molecule has 1 heterocycles. The molecule has 1 aliphatic heterocycles. The van der Waals surface area contributed by atoms with Gasteiger partial charge in [0.15, 0.2) is 0 Å². The molecular weight excluding hydrogens is 306 g/mol. The van der Waals surface area contributed by atoms with Gasteiger partial charge in [-0.15, -0.1) is 0 Å². The van der Waals surface area contributed by atoms with Gasteiger partial charge in [-0.05, 0) is 43.4 Å². The van der Waals surface area contributed by atoms with Gasteiger partial charge in [0.1, 0.15) is 0 Å². The van der Waals surface area contributed by atoms with Crippen LogP contribution in [0.3, 0.4) is 0 Å². The van der Waals surface area contributed by atoms with Crippen LogP contribution in [-0.2, 0) is 17.8 Å². The Kier molecular flexibility index (Phi) is 5.49. The molecular formula is C18H25N3O3. The van der Waals surface area contributed by atoms with E-state index in [2.05, 4.69) is 17.5 Å². The van der Waals surface area contributed by atoms with Crippen LogP contribution >= 0.6 is 0 Å². The van der Waals surface area contributed by atoms with Crippen LogP contribution in [0.15, 0.2) is 24.3 Å². The summed E-state index contributed by atoms with van der Waals surface area (Å²) in [5.74, 6) is 0. The van der Waals surface area contributed by atoms with Gasteiger partial charge in [0.25, 0.3) is 0 Å². The quantitative estimate of drug-likeness (QED) is 0.870. The third kappa shape index (κ3) is 4.50. The lowest BCUT2D eigenvalue weighted by atomic mass is 9.97.